The Morgan fingerprint density at radius 3 is 2.64 bits per heavy atom. The van der Waals surface area contributed by atoms with Crippen LogP contribution in [0.15, 0.2) is 79.1 Å². The maximum Gasteiger partial charge on any atom is 0.225 e. The maximum atomic E-state index is 13.9. The van der Waals surface area contributed by atoms with E-state index in [2.05, 4.69) is 10.3 Å². The molecule has 4 nitrogen and oxygen atoms in total. The lowest BCUT2D eigenvalue weighted by atomic mass is 9.89. The van der Waals surface area contributed by atoms with Gasteiger partial charge >= 0.3 is 0 Å². The fourth-order valence-electron chi connectivity index (χ4n) is 3.51. The summed E-state index contributed by atoms with van der Waals surface area (Å²) < 4.78 is 15.9. The number of halogens is 1. The number of rotatable bonds is 5. The fraction of sp³-hybridized carbons (Fsp3) is 0.130. The average Bonchev–Trinajstić information content (AvgIpc) is 3.13. The number of imidazole rings is 1. The van der Waals surface area contributed by atoms with E-state index in [1.807, 2.05) is 66.2 Å². The maximum absolute atomic E-state index is 13.9. The first kappa shape index (κ1) is 17.9. The van der Waals surface area contributed by atoms with E-state index < -0.39 is 5.82 Å². The number of carbonyl (C=O) groups excluding carboxylic acids is 1. The second-order valence-corrected chi connectivity index (χ2v) is 6.75. The highest BCUT2D eigenvalue weighted by Gasteiger charge is 2.23. The van der Waals surface area contributed by atoms with E-state index in [4.69, 9.17) is 0 Å². The van der Waals surface area contributed by atoms with Crippen LogP contribution in [0.4, 0.5) is 10.1 Å². The van der Waals surface area contributed by atoms with Crippen molar-refractivity contribution in [1.82, 2.24) is 9.38 Å². The number of aryl methyl sites for hydroxylation is 1. The molecule has 0 aliphatic heterocycles. The van der Waals surface area contributed by atoms with Gasteiger partial charge in [-0.1, -0.05) is 42.5 Å². The van der Waals surface area contributed by atoms with Gasteiger partial charge in [-0.15, -0.1) is 0 Å². The quantitative estimate of drug-likeness (QED) is 0.538. The molecule has 0 spiro atoms. The van der Waals surface area contributed by atoms with Crippen molar-refractivity contribution in [2.75, 3.05) is 5.32 Å². The molecule has 2 aromatic carbocycles. The van der Waals surface area contributed by atoms with Gasteiger partial charge in [0.25, 0.3) is 0 Å². The second-order valence-electron chi connectivity index (χ2n) is 6.75. The van der Waals surface area contributed by atoms with Crippen LogP contribution >= 0.6 is 0 Å². The van der Waals surface area contributed by atoms with Crippen LogP contribution in [-0.2, 0) is 4.79 Å². The Kier molecular flexibility index (Phi) is 4.89. The molecular weight excluding hydrogens is 353 g/mol. The summed E-state index contributed by atoms with van der Waals surface area (Å²) in [6.45, 7) is 2.03. The third-order valence-electron chi connectivity index (χ3n) is 4.90. The number of hydrogen-bond acceptors (Lipinski definition) is 2. The monoisotopic (exact) mass is 373 g/mol. The molecule has 1 atom stereocenters. The zero-order chi connectivity index (χ0) is 19.5. The van der Waals surface area contributed by atoms with Crippen LogP contribution in [0, 0.1) is 12.7 Å². The standard InChI is InChI=1S/C23H20FN3O/c1-16-8-2-3-9-17(16)18(21-15-25-22-12-6-7-13-27(21)22)14-23(28)26-20-11-5-4-10-19(20)24/h2-13,15,18H,14H2,1H3,(H,26,28)/t18-/m0/s1. The van der Waals surface area contributed by atoms with Crippen molar-refractivity contribution in [2.45, 2.75) is 19.3 Å². The highest BCUT2D eigenvalue weighted by molar-refractivity contribution is 5.91. The van der Waals surface area contributed by atoms with E-state index in [-0.39, 0.29) is 23.9 Å². The molecule has 5 heteroatoms. The zero-order valence-electron chi connectivity index (χ0n) is 15.5. The predicted molar refractivity (Wildman–Crippen MR) is 108 cm³/mol. The highest BCUT2D eigenvalue weighted by atomic mass is 19.1. The van der Waals surface area contributed by atoms with Crippen LogP contribution in [0.3, 0.4) is 0 Å². The minimum atomic E-state index is -0.446. The third kappa shape index (κ3) is 3.51. The van der Waals surface area contributed by atoms with E-state index in [0.29, 0.717) is 0 Å². The molecule has 0 fully saturated rings. The number of fused-ring (bicyclic) bond motifs is 1. The number of amides is 1. The van der Waals surface area contributed by atoms with E-state index in [9.17, 15) is 9.18 Å². The molecule has 1 N–H and O–H groups in total. The van der Waals surface area contributed by atoms with Gasteiger partial charge in [-0.25, -0.2) is 9.37 Å². The summed E-state index contributed by atoms with van der Waals surface area (Å²) in [7, 11) is 0. The predicted octanol–water partition coefficient (Wildman–Crippen LogP) is 4.94. The number of carbonyl (C=O) groups is 1. The lowest BCUT2D eigenvalue weighted by Gasteiger charge is -2.19. The van der Waals surface area contributed by atoms with Crippen LogP contribution in [0.25, 0.3) is 5.65 Å². The van der Waals surface area contributed by atoms with Crippen molar-refractivity contribution in [1.29, 1.82) is 0 Å². The summed E-state index contributed by atoms with van der Waals surface area (Å²) >= 11 is 0. The largest absolute Gasteiger partial charge is 0.324 e. The Morgan fingerprint density at radius 2 is 1.82 bits per heavy atom. The third-order valence-corrected chi connectivity index (χ3v) is 4.90. The number of pyridine rings is 1. The number of aromatic nitrogens is 2. The first-order chi connectivity index (χ1) is 13.6. The van der Waals surface area contributed by atoms with E-state index in [1.54, 1.807) is 18.2 Å². The van der Waals surface area contributed by atoms with Crippen molar-refractivity contribution < 1.29 is 9.18 Å². The lowest BCUT2D eigenvalue weighted by molar-refractivity contribution is -0.116. The number of para-hydroxylation sites is 1. The van der Waals surface area contributed by atoms with E-state index in [0.717, 1.165) is 22.5 Å². The molecule has 0 saturated carbocycles. The van der Waals surface area contributed by atoms with Crippen molar-refractivity contribution in [3.63, 3.8) is 0 Å². The summed E-state index contributed by atoms with van der Waals surface area (Å²) in [6, 6.07) is 20.0. The Hall–Kier alpha value is -3.47. The van der Waals surface area contributed by atoms with Gasteiger partial charge in [-0.05, 0) is 42.3 Å². The summed E-state index contributed by atoms with van der Waals surface area (Å²) in [5, 5.41) is 2.70. The average molecular weight is 373 g/mol. The number of anilines is 1. The first-order valence-electron chi connectivity index (χ1n) is 9.15. The molecule has 0 radical (unpaired) electrons. The molecule has 4 aromatic rings. The Balaban J connectivity index is 1.71. The number of nitrogens with one attached hydrogen (secondary N) is 1. The number of hydrogen-bond donors (Lipinski definition) is 1. The van der Waals surface area contributed by atoms with Crippen LogP contribution in [0.5, 0.6) is 0 Å². The van der Waals surface area contributed by atoms with Crippen molar-refractivity contribution in [3.8, 4) is 0 Å². The number of benzene rings is 2. The van der Waals surface area contributed by atoms with Crippen LogP contribution in [0.2, 0.25) is 0 Å². The molecule has 0 unspecified atom stereocenters. The molecule has 2 heterocycles. The van der Waals surface area contributed by atoms with E-state index in [1.165, 1.54) is 6.07 Å². The van der Waals surface area contributed by atoms with Crippen molar-refractivity contribution in [3.05, 3.63) is 102 Å². The summed E-state index contributed by atoms with van der Waals surface area (Å²) in [5.74, 6) is -0.896. The normalized spacial score (nSPS) is 12.1. The molecule has 4 rings (SSSR count). The Morgan fingerprint density at radius 1 is 1.07 bits per heavy atom. The molecule has 1 amide bonds. The van der Waals surface area contributed by atoms with Gasteiger partial charge in [-0.3, -0.25) is 4.79 Å². The summed E-state index contributed by atoms with van der Waals surface area (Å²) in [6.07, 6.45) is 3.93. The van der Waals surface area contributed by atoms with Crippen LogP contribution < -0.4 is 5.32 Å². The molecule has 2 aromatic heterocycles. The minimum absolute atomic E-state index is 0.182. The van der Waals surface area contributed by atoms with Gasteiger partial charge in [0.15, 0.2) is 0 Å². The minimum Gasteiger partial charge on any atom is -0.324 e. The molecule has 0 aliphatic rings. The fourth-order valence-corrected chi connectivity index (χ4v) is 3.51. The first-order valence-corrected chi connectivity index (χ1v) is 9.15. The SMILES string of the molecule is Cc1ccccc1[C@H](CC(=O)Nc1ccccc1F)c1cnc2ccccn12. The van der Waals surface area contributed by atoms with Gasteiger partial charge < -0.3 is 9.72 Å². The summed E-state index contributed by atoms with van der Waals surface area (Å²) in [5.41, 5.74) is 4.09. The second kappa shape index (κ2) is 7.64. The van der Waals surface area contributed by atoms with Gasteiger partial charge in [-0.2, -0.15) is 0 Å². The molecule has 140 valence electrons. The van der Waals surface area contributed by atoms with Gasteiger partial charge in [0.1, 0.15) is 11.5 Å². The molecule has 28 heavy (non-hydrogen) atoms. The zero-order valence-corrected chi connectivity index (χ0v) is 15.5. The van der Waals surface area contributed by atoms with E-state index >= 15 is 0 Å². The number of nitrogens with zero attached hydrogens (tertiary/aromatic N) is 2. The van der Waals surface area contributed by atoms with Gasteiger partial charge in [0.2, 0.25) is 5.91 Å². The Labute approximate surface area is 162 Å². The highest BCUT2D eigenvalue weighted by Crippen LogP contribution is 2.31. The van der Waals surface area contributed by atoms with Crippen LogP contribution in [-0.4, -0.2) is 15.3 Å². The molecular formula is C23H20FN3O. The summed E-state index contributed by atoms with van der Waals surface area (Å²) in [4.78, 5) is 17.3. The topological polar surface area (TPSA) is 46.4 Å². The molecule has 0 saturated heterocycles. The van der Waals surface area contributed by atoms with Crippen molar-refractivity contribution in [2.24, 2.45) is 0 Å². The van der Waals surface area contributed by atoms with Crippen molar-refractivity contribution >= 4 is 17.2 Å². The Bertz CT molecular complexity index is 1140. The molecule has 0 aliphatic carbocycles. The smallest absolute Gasteiger partial charge is 0.225 e. The van der Waals surface area contributed by atoms with Gasteiger partial charge in [0, 0.05) is 24.7 Å². The molecule has 0 bridgehead atoms. The van der Waals surface area contributed by atoms with Gasteiger partial charge in [0.05, 0.1) is 11.4 Å². The lowest BCUT2D eigenvalue weighted by Crippen LogP contribution is -2.18. The van der Waals surface area contributed by atoms with Crippen LogP contribution in [0.1, 0.15) is 29.2 Å².